The monoisotopic (exact) mass is 410 g/mol. The number of aryl methyl sites for hydroxylation is 1. The fourth-order valence-corrected chi connectivity index (χ4v) is 3.12. The van der Waals surface area contributed by atoms with Gasteiger partial charge in [-0.3, -0.25) is 4.99 Å². The molecule has 0 bridgehead atoms. The number of hydrogen-bond acceptors (Lipinski definition) is 4. The molecule has 0 aliphatic carbocycles. The third-order valence-electron chi connectivity index (χ3n) is 4.96. The first-order valence-electron chi connectivity index (χ1n) is 10.6. The second-order valence-electron chi connectivity index (χ2n) is 7.38. The summed E-state index contributed by atoms with van der Waals surface area (Å²) >= 11 is 0. The number of rotatable bonds is 9. The molecule has 3 rings (SSSR count). The van der Waals surface area contributed by atoms with Gasteiger partial charge in [0.1, 0.15) is 5.75 Å². The fourth-order valence-electron chi connectivity index (χ4n) is 3.12. The highest BCUT2D eigenvalue weighted by Crippen LogP contribution is 2.17. The number of aliphatic imine (C=N–C) groups is 1. The van der Waals surface area contributed by atoms with E-state index in [-0.39, 0.29) is 5.97 Å². The Morgan fingerprint density at radius 2 is 1.65 bits per heavy atom. The topological polar surface area (TPSA) is 62.4 Å². The Morgan fingerprint density at radius 1 is 0.935 bits per heavy atom. The third kappa shape index (κ3) is 6.94. The number of nitriles is 1. The highest BCUT2D eigenvalue weighted by Gasteiger charge is 2.08. The summed E-state index contributed by atoms with van der Waals surface area (Å²) in [5.41, 5.74) is 4.05. The van der Waals surface area contributed by atoms with Crippen molar-refractivity contribution in [2.45, 2.75) is 39.0 Å². The van der Waals surface area contributed by atoms with Crippen molar-refractivity contribution in [2.75, 3.05) is 0 Å². The summed E-state index contributed by atoms with van der Waals surface area (Å²) in [6.45, 7) is 2.21. The number of hydrogen-bond donors (Lipinski definition) is 0. The molecule has 0 N–H and O–H groups in total. The lowest BCUT2D eigenvalue weighted by atomic mass is 10.0. The van der Waals surface area contributed by atoms with Gasteiger partial charge in [0.15, 0.2) is 0 Å². The van der Waals surface area contributed by atoms with Gasteiger partial charge < -0.3 is 4.74 Å². The molecule has 156 valence electrons. The van der Waals surface area contributed by atoms with Crippen molar-refractivity contribution in [1.29, 1.82) is 5.26 Å². The van der Waals surface area contributed by atoms with Gasteiger partial charge in [0.2, 0.25) is 0 Å². The van der Waals surface area contributed by atoms with Crippen LogP contribution in [0.15, 0.2) is 77.8 Å². The van der Waals surface area contributed by atoms with Crippen LogP contribution in [0.25, 0.3) is 0 Å². The SMILES string of the molecule is CCCCCCc1ccc(C(=O)Oc2ccc(C=Nc3ccc(C#N)cc3)cc2)cc1. The van der Waals surface area contributed by atoms with E-state index in [4.69, 9.17) is 10.00 Å². The maximum Gasteiger partial charge on any atom is 0.343 e. The molecule has 4 heteroatoms. The van der Waals surface area contributed by atoms with Crippen LogP contribution >= 0.6 is 0 Å². The molecule has 31 heavy (non-hydrogen) atoms. The minimum atomic E-state index is -0.364. The molecule has 0 amide bonds. The molecule has 0 aromatic heterocycles. The molecule has 0 radical (unpaired) electrons. The van der Waals surface area contributed by atoms with E-state index in [0.717, 1.165) is 17.7 Å². The molecule has 0 aliphatic rings. The maximum atomic E-state index is 12.4. The van der Waals surface area contributed by atoms with Crippen molar-refractivity contribution >= 4 is 17.9 Å². The summed E-state index contributed by atoms with van der Waals surface area (Å²) in [7, 11) is 0. The molecule has 0 aliphatic heterocycles. The zero-order valence-corrected chi connectivity index (χ0v) is 17.8. The van der Waals surface area contributed by atoms with Crippen molar-refractivity contribution in [3.05, 3.63) is 95.1 Å². The minimum Gasteiger partial charge on any atom is -0.423 e. The van der Waals surface area contributed by atoms with Gasteiger partial charge in [-0.25, -0.2) is 4.79 Å². The van der Waals surface area contributed by atoms with Gasteiger partial charge in [-0.15, -0.1) is 0 Å². The van der Waals surface area contributed by atoms with E-state index in [9.17, 15) is 4.79 Å². The molecule has 0 spiro atoms. The van der Waals surface area contributed by atoms with E-state index >= 15 is 0 Å². The molecule has 0 saturated carbocycles. The molecule has 0 atom stereocenters. The number of unbranched alkanes of at least 4 members (excludes halogenated alkanes) is 3. The first-order chi connectivity index (χ1) is 15.2. The third-order valence-corrected chi connectivity index (χ3v) is 4.96. The Hall–Kier alpha value is -3.71. The Morgan fingerprint density at radius 3 is 2.29 bits per heavy atom. The Balaban J connectivity index is 1.53. The Bertz CT molecular complexity index is 1040. The predicted octanol–water partition coefficient (Wildman–Crippen LogP) is 6.65. The fraction of sp³-hybridized carbons (Fsp3) is 0.222. The van der Waals surface area contributed by atoms with Crippen LogP contribution in [0.3, 0.4) is 0 Å². The lowest BCUT2D eigenvalue weighted by Crippen LogP contribution is -2.08. The molecule has 0 fully saturated rings. The van der Waals surface area contributed by atoms with E-state index in [1.807, 2.05) is 36.4 Å². The van der Waals surface area contributed by atoms with Gasteiger partial charge >= 0.3 is 5.97 Å². The average Bonchev–Trinajstić information content (AvgIpc) is 2.82. The van der Waals surface area contributed by atoms with Crippen molar-refractivity contribution in [3.8, 4) is 11.8 Å². The standard InChI is InChI=1S/C27H26N2O2/c1-2-3-4-5-6-21-7-13-24(14-8-21)27(30)31-26-17-11-23(12-18-26)20-29-25-15-9-22(19-28)10-16-25/h7-18,20H,2-6H2,1H3. The number of carbonyl (C=O) groups excluding carboxylic acids is 1. The summed E-state index contributed by atoms with van der Waals surface area (Å²) in [5.74, 6) is 0.126. The average molecular weight is 411 g/mol. The number of carbonyl (C=O) groups is 1. The number of ether oxygens (including phenoxy) is 1. The van der Waals surface area contributed by atoms with Crippen LogP contribution in [-0.2, 0) is 6.42 Å². The van der Waals surface area contributed by atoms with Crippen LogP contribution in [0.2, 0.25) is 0 Å². The predicted molar refractivity (Wildman–Crippen MR) is 124 cm³/mol. The lowest BCUT2D eigenvalue weighted by molar-refractivity contribution is 0.0734. The summed E-state index contributed by atoms with van der Waals surface area (Å²) in [6, 6.07) is 24.0. The molecule has 3 aromatic carbocycles. The molecule has 0 unspecified atom stereocenters. The molecule has 3 aromatic rings. The zero-order chi connectivity index (χ0) is 21.9. The molecule has 0 saturated heterocycles. The van der Waals surface area contributed by atoms with Crippen LogP contribution < -0.4 is 4.74 Å². The van der Waals surface area contributed by atoms with Crippen LogP contribution in [0.4, 0.5) is 5.69 Å². The number of esters is 1. The quantitative estimate of drug-likeness (QED) is 0.172. The van der Waals surface area contributed by atoms with Gasteiger partial charge in [-0.05, 0) is 84.6 Å². The lowest BCUT2D eigenvalue weighted by Gasteiger charge is -2.06. The van der Waals surface area contributed by atoms with E-state index in [0.29, 0.717) is 16.9 Å². The normalized spacial score (nSPS) is 10.7. The van der Waals surface area contributed by atoms with Crippen LogP contribution in [0.1, 0.15) is 59.7 Å². The van der Waals surface area contributed by atoms with Gasteiger partial charge in [0.25, 0.3) is 0 Å². The van der Waals surface area contributed by atoms with Crippen molar-refractivity contribution in [3.63, 3.8) is 0 Å². The van der Waals surface area contributed by atoms with E-state index in [2.05, 4.69) is 18.0 Å². The first kappa shape index (κ1) is 22.0. The number of nitrogens with zero attached hydrogens (tertiary/aromatic N) is 2. The maximum absolute atomic E-state index is 12.4. The Labute approximate surface area is 183 Å². The van der Waals surface area contributed by atoms with E-state index in [1.54, 1.807) is 42.6 Å². The summed E-state index contributed by atoms with van der Waals surface area (Å²) in [5, 5.41) is 8.83. The highest BCUT2D eigenvalue weighted by molar-refractivity contribution is 5.91. The van der Waals surface area contributed by atoms with Crippen LogP contribution in [-0.4, -0.2) is 12.2 Å². The van der Waals surface area contributed by atoms with Gasteiger partial charge in [0, 0.05) is 6.21 Å². The first-order valence-corrected chi connectivity index (χ1v) is 10.6. The summed E-state index contributed by atoms with van der Waals surface area (Å²) < 4.78 is 5.48. The smallest absolute Gasteiger partial charge is 0.343 e. The van der Waals surface area contributed by atoms with E-state index < -0.39 is 0 Å². The molecule has 4 nitrogen and oxygen atoms in total. The molecular formula is C27H26N2O2. The van der Waals surface area contributed by atoms with Crippen LogP contribution in [0, 0.1) is 11.3 Å². The van der Waals surface area contributed by atoms with Crippen molar-refractivity contribution in [1.82, 2.24) is 0 Å². The van der Waals surface area contributed by atoms with Crippen LogP contribution in [0.5, 0.6) is 5.75 Å². The second kappa shape index (κ2) is 11.5. The highest BCUT2D eigenvalue weighted by atomic mass is 16.5. The van der Waals surface area contributed by atoms with Crippen molar-refractivity contribution < 1.29 is 9.53 Å². The second-order valence-corrected chi connectivity index (χ2v) is 7.38. The Kier molecular flexibility index (Phi) is 8.13. The van der Waals surface area contributed by atoms with Gasteiger partial charge in [-0.1, -0.05) is 38.3 Å². The summed E-state index contributed by atoms with van der Waals surface area (Å²) in [4.78, 5) is 16.8. The largest absolute Gasteiger partial charge is 0.423 e. The van der Waals surface area contributed by atoms with Crippen molar-refractivity contribution in [2.24, 2.45) is 4.99 Å². The van der Waals surface area contributed by atoms with Gasteiger partial charge in [-0.2, -0.15) is 5.26 Å². The summed E-state index contributed by atoms with van der Waals surface area (Å²) in [6.07, 6.45) is 7.69. The number of benzene rings is 3. The van der Waals surface area contributed by atoms with Gasteiger partial charge in [0.05, 0.1) is 22.9 Å². The van der Waals surface area contributed by atoms with E-state index in [1.165, 1.54) is 31.2 Å². The molecule has 0 heterocycles. The zero-order valence-electron chi connectivity index (χ0n) is 17.8. The molecular weight excluding hydrogens is 384 g/mol. The minimum absolute atomic E-state index is 0.364.